The van der Waals surface area contributed by atoms with Crippen molar-refractivity contribution < 1.29 is 24.1 Å². The lowest BCUT2D eigenvalue weighted by molar-refractivity contribution is -0.147. The highest BCUT2D eigenvalue weighted by atomic mass is 16.6. The summed E-state index contributed by atoms with van der Waals surface area (Å²) in [5.74, 6) is -1.33. The molecule has 0 aromatic heterocycles. The molecule has 0 aromatic carbocycles. The van der Waals surface area contributed by atoms with Crippen molar-refractivity contribution in [2.75, 3.05) is 20.3 Å². The Bertz CT molecular complexity index is 230. The molecule has 5 nitrogen and oxygen atoms in total. The summed E-state index contributed by atoms with van der Waals surface area (Å²) >= 11 is 0. The normalized spacial score (nSPS) is 31.6. The number of hydrogen-bond donors (Lipinski definition) is 1. The third-order valence-corrected chi connectivity index (χ3v) is 2.92. The molecule has 0 bridgehead atoms. The van der Waals surface area contributed by atoms with E-state index in [1.54, 1.807) is 7.11 Å². The van der Waals surface area contributed by atoms with Crippen LogP contribution in [0.25, 0.3) is 0 Å². The zero-order chi connectivity index (χ0) is 12.1. The van der Waals surface area contributed by atoms with Crippen LogP contribution in [0, 0.1) is 5.92 Å². The van der Waals surface area contributed by atoms with E-state index in [0.29, 0.717) is 19.6 Å². The molecule has 0 amide bonds. The molecular weight excluding hydrogens is 212 g/mol. The van der Waals surface area contributed by atoms with E-state index in [1.807, 2.05) is 13.8 Å². The third-order valence-electron chi connectivity index (χ3n) is 2.92. The average Bonchev–Trinajstić information content (AvgIpc) is 2.69. The topological polar surface area (TPSA) is 65.0 Å². The van der Waals surface area contributed by atoms with Gasteiger partial charge in [-0.25, -0.2) is 0 Å². The van der Waals surface area contributed by atoms with Crippen LogP contribution < -0.4 is 0 Å². The van der Waals surface area contributed by atoms with Crippen molar-refractivity contribution in [2.24, 2.45) is 5.92 Å². The second kappa shape index (κ2) is 6.18. The first-order valence-electron chi connectivity index (χ1n) is 5.58. The second-order valence-corrected chi connectivity index (χ2v) is 4.00. The van der Waals surface area contributed by atoms with E-state index in [-0.39, 0.29) is 18.3 Å². The van der Waals surface area contributed by atoms with E-state index >= 15 is 0 Å². The first kappa shape index (κ1) is 13.4. The van der Waals surface area contributed by atoms with Crippen molar-refractivity contribution in [1.82, 2.24) is 0 Å². The number of carboxylic acids is 1. The quantitative estimate of drug-likeness (QED) is 0.737. The third kappa shape index (κ3) is 3.17. The Morgan fingerprint density at radius 3 is 2.81 bits per heavy atom. The zero-order valence-corrected chi connectivity index (χ0v) is 10.0. The molecule has 1 saturated heterocycles. The lowest BCUT2D eigenvalue weighted by atomic mass is 9.96. The van der Waals surface area contributed by atoms with Gasteiger partial charge in [0.2, 0.25) is 0 Å². The Balaban J connectivity index is 2.57. The molecule has 0 spiro atoms. The van der Waals surface area contributed by atoms with Gasteiger partial charge in [-0.2, -0.15) is 0 Å². The van der Waals surface area contributed by atoms with Crippen molar-refractivity contribution in [2.45, 2.75) is 38.6 Å². The predicted molar refractivity (Wildman–Crippen MR) is 57.4 cm³/mol. The Morgan fingerprint density at radius 2 is 2.31 bits per heavy atom. The number of ether oxygens (including phenoxy) is 3. The maximum absolute atomic E-state index is 11.1. The van der Waals surface area contributed by atoms with Gasteiger partial charge in [0.15, 0.2) is 0 Å². The lowest BCUT2D eigenvalue weighted by Crippen LogP contribution is -2.34. The first-order valence-corrected chi connectivity index (χ1v) is 5.58. The van der Waals surface area contributed by atoms with Gasteiger partial charge in [-0.1, -0.05) is 0 Å². The van der Waals surface area contributed by atoms with Crippen LogP contribution in [0.5, 0.6) is 0 Å². The van der Waals surface area contributed by atoms with E-state index in [1.165, 1.54) is 0 Å². The molecule has 1 N–H and O–H groups in total. The van der Waals surface area contributed by atoms with Crippen molar-refractivity contribution in [3.63, 3.8) is 0 Å². The Hall–Kier alpha value is -0.650. The molecule has 4 unspecified atom stereocenters. The fourth-order valence-corrected chi connectivity index (χ4v) is 1.96. The predicted octanol–water partition coefficient (Wildman–Crippen LogP) is 0.916. The van der Waals surface area contributed by atoms with E-state index in [2.05, 4.69) is 0 Å². The summed E-state index contributed by atoms with van der Waals surface area (Å²) in [6, 6.07) is 0. The zero-order valence-electron chi connectivity index (χ0n) is 10.0. The summed E-state index contributed by atoms with van der Waals surface area (Å²) in [6.07, 6.45) is -0.238. The number of rotatable bonds is 6. The fraction of sp³-hybridized carbons (Fsp3) is 0.909. The number of carbonyl (C=O) groups is 1. The SMILES string of the molecule is CCOCC1CC(C(=O)O)C(C(C)OC)O1. The lowest BCUT2D eigenvalue weighted by Gasteiger charge is -2.21. The maximum Gasteiger partial charge on any atom is 0.309 e. The summed E-state index contributed by atoms with van der Waals surface area (Å²) in [4.78, 5) is 11.1. The van der Waals surface area contributed by atoms with E-state index < -0.39 is 11.9 Å². The minimum Gasteiger partial charge on any atom is -0.481 e. The first-order chi connectivity index (χ1) is 7.60. The minimum absolute atomic E-state index is 0.136. The molecule has 0 radical (unpaired) electrons. The van der Waals surface area contributed by atoms with Gasteiger partial charge in [-0.15, -0.1) is 0 Å². The molecule has 1 aliphatic rings. The van der Waals surface area contributed by atoms with Gasteiger partial charge in [0.25, 0.3) is 0 Å². The molecule has 0 aromatic rings. The van der Waals surface area contributed by atoms with Crippen LogP contribution in [0.3, 0.4) is 0 Å². The molecule has 5 heteroatoms. The largest absolute Gasteiger partial charge is 0.481 e. The van der Waals surface area contributed by atoms with Crippen molar-refractivity contribution in [1.29, 1.82) is 0 Å². The van der Waals surface area contributed by atoms with Crippen LogP contribution in [0.15, 0.2) is 0 Å². The van der Waals surface area contributed by atoms with Crippen LogP contribution in [-0.4, -0.2) is 49.7 Å². The highest BCUT2D eigenvalue weighted by molar-refractivity contribution is 5.71. The summed E-state index contributed by atoms with van der Waals surface area (Å²) in [5.41, 5.74) is 0. The molecule has 1 heterocycles. The fourth-order valence-electron chi connectivity index (χ4n) is 1.96. The highest BCUT2D eigenvalue weighted by Crippen LogP contribution is 2.30. The van der Waals surface area contributed by atoms with Crippen molar-refractivity contribution in [3.8, 4) is 0 Å². The summed E-state index contributed by atoms with van der Waals surface area (Å²) < 4.78 is 16.0. The molecular formula is C11H20O5. The smallest absolute Gasteiger partial charge is 0.309 e. The second-order valence-electron chi connectivity index (χ2n) is 4.00. The van der Waals surface area contributed by atoms with Crippen LogP contribution in [-0.2, 0) is 19.0 Å². The average molecular weight is 232 g/mol. The van der Waals surface area contributed by atoms with Gasteiger partial charge in [-0.05, 0) is 20.3 Å². The number of aliphatic carboxylic acids is 1. The molecule has 1 fully saturated rings. The highest BCUT2D eigenvalue weighted by Gasteiger charge is 2.42. The molecule has 94 valence electrons. The van der Waals surface area contributed by atoms with Gasteiger partial charge in [-0.3, -0.25) is 4.79 Å². The maximum atomic E-state index is 11.1. The molecule has 0 saturated carbocycles. The van der Waals surface area contributed by atoms with Gasteiger partial charge in [0.05, 0.1) is 30.8 Å². The van der Waals surface area contributed by atoms with E-state index in [9.17, 15) is 4.79 Å². The van der Waals surface area contributed by atoms with Gasteiger partial charge < -0.3 is 19.3 Å². The molecule has 16 heavy (non-hydrogen) atoms. The Morgan fingerprint density at radius 1 is 1.62 bits per heavy atom. The van der Waals surface area contributed by atoms with Gasteiger partial charge in [0.1, 0.15) is 0 Å². The van der Waals surface area contributed by atoms with Gasteiger partial charge >= 0.3 is 5.97 Å². The number of carboxylic acid groups (broad SMARTS) is 1. The molecule has 4 atom stereocenters. The van der Waals surface area contributed by atoms with Crippen LogP contribution in [0.1, 0.15) is 20.3 Å². The van der Waals surface area contributed by atoms with Gasteiger partial charge in [0, 0.05) is 13.7 Å². The molecule has 1 rings (SSSR count). The van der Waals surface area contributed by atoms with Crippen molar-refractivity contribution >= 4 is 5.97 Å². The van der Waals surface area contributed by atoms with E-state index in [4.69, 9.17) is 19.3 Å². The number of hydrogen-bond acceptors (Lipinski definition) is 4. The number of methoxy groups -OCH3 is 1. The van der Waals surface area contributed by atoms with Crippen molar-refractivity contribution in [3.05, 3.63) is 0 Å². The standard InChI is InChI=1S/C11H20O5/c1-4-15-6-8-5-9(11(12)13)10(16-8)7(2)14-3/h7-10H,4-6H2,1-3H3,(H,12,13). The summed E-state index contributed by atoms with van der Waals surface area (Å²) in [5, 5.41) is 9.09. The summed E-state index contributed by atoms with van der Waals surface area (Å²) in [7, 11) is 1.56. The van der Waals surface area contributed by atoms with Crippen LogP contribution in [0.4, 0.5) is 0 Å². The molecule has 1 aliphatic heterocycles. The summed E-state index contributed by atoms with van der Waals surface area (Å²) in [6.45, 7) is 4.79. The Kier molecular flexibility index (Phi) is 5.18. The molecule has 0 aliphatic carbocycles. The Labute approximate surface area is 95.7 Å². The van der Waals surface area contributed by atoms with Crippen LogP contribution >= 0.6 is 0 Å². The monoisotopic (exact) mass is 232 g/mol. The minimum atomic E-state index is -0.826. The van der Waals surface area contributed by atoms with Crippen LogP contribution in [0.2, 0.25) is 0 Å². The van der Waals surface area contributed by atoms with E-state index in [0.717, 1.165) is 0 Å².